The number of rotatable bonds is 4. The summed E-state index contributed by atoms with van der Waals surface area (Å²) in [5, 5.41) is 10.0. The van der Waals surface area contributed by atoms with E-state index in [4.69, 9.17) is 9.47 Å². The van der Waals surface area contributed by atoms with Crippen molar-refractivity contribution in [1.82, 2.24) is 4.98 Å². The minimum absolute atomic E-state index is 0.459. The van der Waals surface area contributed by atoms with E-state index >= 15 is 0 Å². The van der Waals surface area contributed by atoms with Crippen molar-refractivity contribution >= 4 is 0 Å². The lowest BCUT2D eigenvalue weighted by molar-refractivity contribution is 0.129. The smallest absolute Gasteiger partial charge is 0.137 e. The van der Waals surface area contributed by atoms with E-state index in [2.05, 4.69) is 4.98 Å². The number of hydrogen-bond acceptors (Lipinski definition) is 4. The molecule has 2 unspecified atom stereocenters. The van der Waals surface area contributed by atoms with Crippen LogP contribution < -0.4 is 4.74 Å². The van der Waals surface area contributed by atoms with Crippen molar-refractivity contribution in [2.75, 3.05) is 20.3 Å². The predicted molar refractivity (Wildman–Crippen MR) is 59.3 cm³/mol. The van der Waals surface area contributed by atoms with E-state index in [1.165, 1.54) is 0 Å². The molecule has 1 aliphatic rings. The van der Waals surface area contributed by atoms with Gasteiger partial charge in [-0.15, -0.1) is 0 Å². The number of ether oxygens (including phenoxy) is 2. The Morgan fingerprint density at radius 2 is 2.50 bits per heavy atom. The molecular weight excluding hydrogens is 206 g/mol. The number of aromatic nitrogens is 1. The lowest BCUT2D eigenvalue weighted by atomic mass is 9.97. The van der Waals surface area contributed by atoms with E-state index in [1.807, 2.05) is 6.07 Å². The molecule has 4 heteroatoms. The van der Waals surface area contributed by atoms with Crippen molar-refractivity contribution in [3.63, 3.8) is 0 Å². The molecule has 1 aliphatic heterocycles. The molecule has 0 spiro atoms. The zero-order chi connectivity index (χ0) is 11.4. The summed E-state index contributed by atoms with van der Waals surface area (Å²) in [5.74, 6) is 1.14. The molecule has 2 rings (SSSR count). The van der Waals surface area contributed by atoms with Crippen molar-refractivity contribution in [3.8, 4) is 5.75 Å². The zero-order valence-electron chi connectivity index (χ0n) is 9.43. The molecule has 1 N–H and O–H groups in total. The molecular formula is C12H17NO3. The molecule has 1 fully saturated rings. The Labute approximate surface area is 95.2 Å². The highest BCUT2D eigenvalue weighted by Crippen LogP contribution is 2.27. The second kappa shape index (κ2) is 5.27. The molecule has 4 nitrogen and oxygen atoms in total. The van der Waals surface area contributed by atoms with Crippen LogP contribution in [0, 0.1) is 5.92 Å². The van der Waals surface area contributed by atoms with E-state index in [1.54, 1.807) is 19.5 Å². The maximum Gasteiger partial charge on any atom is 0.137 e. The summed E-state index contributed by atoms with van der Waals surface area (Å²) in [4.78, 5) is 4.03. The van der Waals surface area contributed by atoms with Crippen LogP contribution >= 0.6 is 0 Å². The van der Waals surface area contributed by atoms with Crippen molar-refractivity contribution in [2.45, 2.75) is 18.9 Å². The normalized spacial score (nSPS) is 22.0. The van der Waals surface area contributed by atoms with Crippen LogP contribution in [0.3, 0.4) is 0 Å². The summed E-state index contributed by atoms with van der Waals surface area (Å²) in [6.07, 6.45) is 4.61. The van der Waals surface area contributed by atoms with Gasteiger partial charge in [0.05, 0.1) is 19.4 Å². The Balaban J connectivity index is 1.98. The van der Waals surface area contributed by atoms with E-state index in [9.17, 15) is 5.11 Å². The van der Waals surface area contributed by atoms with Gasteiger partial charge in [0, 0.05) is 25.0 Å². The number of nitrogens with zero attached hydrogens (tertiary/aromatic N) is 1. The average molecular weight is 223 g/mol. The highest BCUT2D eigenvalue weighted by atomic mass is 16.5. The maximum atomic E-state index is 10.0. The second-order valence-corrected chi connectivity index (χ2v) is 4.14. The van der Waals surface area contributed by atoms with Gasteiger partial charge in [0.25, 0.3) is 0 Å². The molecule has 2 heterocycles. The first-order chi connectivity index (χ1) is 7.79. The summed E-state index contributed by atoms with van der Waals surface area (Å²) in [6, 6.07) is 1.83. The Morgan fingerprint density at radius 1 is 1.62 bits per heavy atom. The van der Waals surface area contributed by atoms with Gasteiger partial charge >= 0.3 is 0 Å². The van der Waals surface area contributed by atoms with Crippen molar-refractivity contribution < 1.29 is 14.6 Å². The molecule has 0 aliphatic carbocycles. The van der Waals surface area contributed by atoms with Crippen molar-refractivity contribution in [1.29, 1.82) is 0 Å². The van der Waals surface area contributed by atoms with Crippen LogP contribution in [-0.4, -0.2) is 30.4 Å². The highest BCUT2D eigenvalue weighted by molar-refractivity contribution is 5.25. The molecule has 88 valence electrons. The van der Waals surface area contributed by atoms with Gasteiger partial charge in [-0.1, -0.05) is 0 Å². The Bertz CT molecular complexity index is 337. The van der Waals surface area contributed by atoms with Gasteiger partial charge in [-0.2, -0.15) is 0 Å². The number of hydrogen-bond donors (Lipinski definition) is 1. The molecule has 0 bridgehead atoms. The summed E-state index contributed by atoms with van der Waals surface area (Å²) >= 11 is 0. The van der Waals surface area contributed by atoms with Gasteiger partial charge in [-0.05, 0) is 24.8 Å². The quantitative estimate of drug-likeness (QED) is 0.841. The third-order valence-corrected chi connectivity index (χ3v) is 2.94. The minimum atomic E-state index is -0.478. The lowest BCUT2D eigenvalue weighted by Gasteiger charge is -2.14. The Kier molecular flexibility index (Phi) is 3.74. The molecule has 1 aromatic heterocycles. The fourth-order valence-corrected chi connectivity index (χ4v) is 1.95. The molecule has 0 aromatic carbocycles. The molecule has 0 saturated carbocycles. The van der Waals surface area contributed by atoms with Gasteiger partial charge in [-0.3, -0.25) is 4.98 Å². The van der Waals surface area contributed by atoms with Crippen LogP contribution in [0.15, 0.2) is 18.5 Å². The average Bonchev–Trinajstić information content (AvgIpc) is 2.82. The largest absolute Gasteiger partial charge is 0.495 e. The van der Waals surface area contributed by atoms with Crippen LogP contribution in [-0.2, 0) is 4.74 Å². The molecule has 2 atom stereocenters. The fourth-order valence-electron chi connectivity index (χ4n) is 1.95. The first-order valence-corrected chi connectivity index (χ1v) is 5.54. The molecule has 1 aromatic rings. The van der Waals surface area contributed by atoms with Crippen LogP contribution in [0.2, 0.25) is 0 Å². The van der Waals surface area contributed by atoms with Gasteiger partial charge in [-0.25, -0.2) is 0 Å². The SMILES string of the molecule is COc1cncc(C(O)CC2CCOC2)c1. The van der Waals surface area contributed by atoms with E-state index in [-0.39, 0.29) is 0 Å². The standard InChI is InChI=1S/C12H17NO3/c1-15-11-5-10(6-13-7-11)12(14)4-9-2-3-16-8-9/h5-7,9,12,14H,2-4,8H2,1H3. The first-order valence-electron chi connectivity index (χ1n) is 5.54. The van der Waals surface area contributed by atoms with E-state index in [0.29, 0.717) is 11.7 Å². The van der Waals surface area contributed by atoms with E-state index in [0.717, 1.165) is 31.6 Å². The van der Waals surface area contributed by atoms with Gasteiger partial charge in [0.2, 0.25) is 0 Å². The maximum absolute atomic E-state index is 10.0. The summed E-state index contributed by atoms with van der Waals surface area (Å²) < 4.78 is 10.4. The molecule has 1 saturated heterocycles. The summed E-state index contributed by atoms with van der Waals surface area (Å²) in [6.45, 7) is 1.57. The van der Waals surface area contributed by atoms with Crippen molar-refractivity contribution in [2.24, 2.45) is 5.92 Å². The topological polar surface area (TPSA) is 51.6 Å². The minimum Gasteiger partial charge on any atom is -0.495 e. The first kappa shape index (κ1) is 11.4. The van der Waals surface area contributed by atoms with Crippen molar-refractivity contribution in [3.05, 3.63) is 24.0 Å². The lowest BCUT2D eigenvalue weighted by Crippen LogP contribution is -2.07. The van der Waals surface area contributed by atoms with E-state index < -0.39 is 6.10 Å². The molecule has 0 amide bonds. The zero-order valence-corrected chi connectivity index (χ0v) is 9.43. The number of pyridine rings is 1. The van der Waals surface area contributed by atoms with Gasteiger partial charge in [0.15, 0.2) is 0 Å². The fraction of sp³-hybridized carbons (Fsp3) is 0.583. The predicted octanol–water partition coefficient (Wildman–Crippen LogP) is 1.55. The number of aliphatic hydroxyl groups excluding tert-OH is 1. The van der Waals surface area contributed by atoms with Crippen LogP contribution in [0.5, 0.6) is 5.75 Å². The molecule has 16 heavy (non-hydrogen) atoms. The monoisotopic (exact) mass is 223 g/mol. The van der Waals surface area contributed by atoms with Crippen LogP contribution in [0.25, 0.3) is 0 Å². The van der Waals surface area contributed by atoms with Gasteiger partial charge in [0.1, 0.15) is 5.75 Å². The van der Waals surface area contributed by atoms with Crippen LogP contribution in [0.1, 0.15) is 24.5 Å². The summed E-state index contributed by atoms with van der Waals surface area (Å²) in [5.41, 5.74) is 0.811. The third-order valence-electron chi connectivity index (χ3n) is 2.94. The third kappa shape index (κ3) is 2.71. The van der Waals surface area contributed by atoms with Gasteiger partial charge < -0.3 is 14.6 Å². The Morgan fingerprint density at radius 3 is 3.19 bits per heavy atom. The Hall–Kier alpha value is -1.13. The number of aliphatic hydroxyl groups is 1. The van der Waals surface area contributed by atoms with Crippen LogP contribution in [0.4, 0.5) is 0 Å². The highest BCUT2D eigenvalue weighted by Gasteiger charge is 2.20. The molecule has 0 radical (unpaired) electrons. The summed E-state index contributed by atoms with van der Waals surface area (Å²) in [7, 11) is 1.60. The second-order valence-electron chi connectivity index (χ2n) is 4.14. The number of methoxy groups -OCH3 is 1.